The molecule has 0 aromatic heterocycles. The van der Waals surface area contributed by atoms with Crippen molar-refractivity contribution in [1.82, 2.24) is 0 Å². The molecule has 0 bridgehead atoms. The van der Waals surface area contributed by atoms with Crippen molar-refractivity contribution >= 4 is 29.0 Å². The average Bonchev–Trinajstić information content (AvgIpc) is 2.55. The minimum atomic E-state index is -0.696. The first-order valence-electron chi connectivity index (χ1n) is 7.76. The number of aryl methyl sites for hydroxylation is 1. The molecule has 0 amide bonds. The second-order valence-electron chi connectivity index (χ2n) is 6.13. The predicted octanol–water partition coefficient (Wildman–Crippen LogP) is 4.33. The predicted molar refractivity (Wildman–Crippen MR) is 95.1 cm³/mol. The van der Waals surface area contributed by atoms with Crippen LogP contribution in [-0.2, 0) is 4.79 Å². The highest BCUT2D eigenvalue weighted by Gasteiger charge is 2.52. The maximum absolute atomic E-state index is 12.7. The largest absolute Gasteiger partial charge is 0.481 e. The molecule has 1 N–H and O–H groups in total. The van der Waals surface area contributed by atoms with Gasteiger partial charge in [-0.2, -0.15) is 0 Å². The molecule has 3 rings (SSSR count). The van der Waals surface area contributed by atoms with Crippen LogP contribution >= 0.6 is 23.2 Å². The molecule has 1 aliphatic carbocycles. The Morgan fingerprint density at radius 2 is 1.92 bits per heavy atom. The van der Waals surface area contributed by atoms with Gasteiger partial charge in [-0.15, -0.1) is 0 Å². The van der Waals surface area contributed by atoms with Crippen LogP contribution in [0.15, 0.2) is 36.4 Å². The van der Waals surface area contributed by atoms with Gasteiger partial charge in [-0.3, -0.25) is 4.79 Å². The van der Waals surface area contributed by atoms with Gasteiger partial charge in [0.15, 0.2) is 11.9 Å². The summed E-state index contributed by atoms with van der Waals surface area (Å²) in [7, 11) is 0. The summed E-state index contributed by atoms with van der Waals surface area (Å²) in [5.74, 6) is -0.262. The lowest BCUT2D eigenvalue weighted by Crippen LogP contribution is -2.55. The van der Waals surface area contributed by atoms with Gasteiger partial charge in [0.25, 0.3) is 0 Å². The number of carbonyl (C=O) groups excluding carboxylic acids is 1. The minimum absolute atomic E-state index is 0.0335. The second kappa shape index (κ2) is 6.75. The summed E-state index contributed by atoms with van der Waals surface area (Å²) in [6.45, 7) is 3.88. The Kier molecular flexibility index (Phi) is 4.86. The van der Waals surface area contributed by atoms with Crippen molar-refractivity contribution in [1.29, 1.82) is 0 Å². The van der Waals surface area contributed by atoms with Gasteiger partial charge in [0, 0.05) is 10.9 Å². The zero-order chi connectivity index (χ0) is 17.4. The molecule has 3 nitrogen and oxygen atoms in total. The van der Waals surface area contributed by atoms with Gasteiger partial charge >= 0.3 is 0 Å². The molecule has 2 aromatic carbocycles. The van der Waals surface area contributed by atoms with Crippen LogP contribution in [-0.4, -0.2) is 23.6 Å². The minimum Gasteiger partial charge on any atom is -0.481 e. The monoisotopic (exact) mass is 364 g/mol. The van der Waals surface area contributed by atoms with Crippen LogP contribution in [0.4, 0.5) is 0 Å². The highest BCUT2D eigenvalue weighted by atomic mass is 35.5. The van der Waals surface area contributed by atoms with E-state index < -0.39 is 6.10 Å². The fourth-order valence-electron chi connectivity index (χ4n) is 3.20. The van der Waals surface area contributed by atoms with Gasteiger partial charge in [0.05, 0.1) is 17.5 Å². The number of halogens is 2. The highest BCUT2D eigenvalue weighted by molar-refractivity contribution is 6.35. The van der Waals surface area contributed by atoms with Crippen molar-refractivity contribution in [3.8, 4) is 5.75 Å². The van der Waals surface area contributed by atoms with Gasteiger partial charge in [-0.05, 0) is 48.7 Å². The van der Waals surface area contributed by atoms with E-state index in [1.807, 2.05) is 32.0 Å². The van der Waals surface area contributed by atoms with Crippen LogP contribution in [0.1, 0.15) is 22.6 Å². The Morgan fingerprint density at radius 3 is 2.58 bits per heavy atom. The molecule has 0 radical (unpaired) electrons. The Bertz CT molecular complexity index is 788. The van der Waals surface area contributed by atoms with Crippen LogP contribution in [0.3, 0.4) is 0 Å². The van der Waals surface area contributed by atoms with Crippen LogP contribution in [0.2, 0.25) is 10.0 Å². The van der Waals surface area contributed by atoms with Gasteiger partial charge in [-0.1, -0.05) is 41.4 Å². The van der Waals surface area contributed by atoms with Gasteiger partial charge in [-0.25, -0.2) is 0 Å². The number of hydrogen-bond acceptors (Lipinski definition) is 3. The standard InChI is InChI=1S/C19H18Cl2O3/c1-10-4-3-5-13(11(10)2)17-14(9-22)19(18(17)23)24-16-7-6-12(20)8-15(16)21/h3-8,14,17,19,22H,9H2,1-2H3/t14-,17+,19+/m1/s1. The molecule has 0 aliphatic heterocycles. The van der Waals surface area contributed by atoms with E-state index in [1.54, 1.807) is 18.2 Å². The molecule has 1 saturated carbocycles. The Hall–Kier alpha value is -1.55. The Morgan fingerprint density at radius 1 is 1.17 bits per heavy atom. The van der Waals surface area contributed by atoms with E-state index in [-0.39, 0.29) is 24.2 Å². The van der Waals surface area contributed by atoms with E-state index in [1.165, 1.54) is 0 Å². The van der Waals surface area contributed by atoms with E-state index in [0.29, 0.717) is 15.8 Å². The Balaban J connectivity index is 1.85. The molecule has 126 valence electrons. The number of benzene rings is 2. The van der Waals surface area contributed by atoms with E-state index in [2.05, 4.69) is 0 Å². The SMILES string of the molecule is Cc1cccc([C@@H]2C(=O)[C@@H](Oc3ccc(Cl)cc3Cl)[C@@H]2CO)c1C. The van der Waals surface area contributed by atoms with Crippen molar-refractivity contribution < 1.29 is 14.6 Å². The molecule has 2 aromatic rings. The molecule has 24 heavy (non-hydrogen) atoms. The van der Waals surface area contributed by atoms with Crippen LogP contribution in [0.25, 0.3) is 0 Å². The lowest BCUT2D eigenvalue weighted by atomic mass is 9.65. The molecule has 3 atom stereocenters. The normalized spacial score (nSPS) is 23.0. The number of ether oxygens (including phenoxy) is 1. The van der Waals surface area contributed by atoms with Gasteiger partial charge < -0.3 is 9.84 Å². The topological polar surface area (TPSA) is 46.5 Å². The van der Waals surface area contributed by atoms with Crippen molar-refractivity contribution in [2.24, 2.45) is 5.92 Å². The summed E-state index contributed by atoms with van der Waals surface area (Å²) in [6.07, 6.45) is -0.696. The fourth-order valence-corrected chi connectivity index (χ4v) is 3.66. The van der Waals surface area contributed by atoms with Crippen molar-refractivity contribution in [2.75, 3.05) is 6.61 Å². The molecule has 0 heterocycles. The zero-order valence-electron chi connectivity index (χ0n) is 13.4. The number of Topliss-reactive ketones (excluding diaryl/α,β-unsaturated/α-hetero) is 1. The zero-order valence-corrected chi connectivity index (χ0v) is 14.9. The number of ketones is 1. The molecule has 0 spiro atoms. The summed E-state index contributed by atoms with van der Waals surface area (Å²) < 4.78 is 5.77. The summed E-state index contributed by atoms with van der Waals surface area (Å²) in [4.78, 5) is 12.7. The first-order valence-corrected chi connectivity index (χ1v) is 8.52. The van der Waals surface area contributed by atoms with E-state index in [9.17, 15) is 9.90 Å². The molecule has 5 heteroatoms. The number of aliphatic hydroxyl groups excluding tert-OH is 1. The third kappa shape index (κ3) is 2.92. The molecule has 1 aliphatic rings. The first kappa shape index (κ1) is 17.3. The number of aliphatic hydroxyl groups is 1. The molecular formula is C19H18Cl2O3. The average molecular weight is 365 g/mol. The number of carbonyl (C=O) groups is 1. The first-order chi connectivity index (χ1) is 11.4. The van der Waals surface area contributed by atoms with Gasteiger partial charge in [0.2, 0.25) is 0 Å². The maximum atomic E-state index is 12.7. The Labute approximate surface area is 151 Å². The van der Waals surface area contributed by atoms with Crippen LogP contribution < -0.4 is 4.74 Å². The third-order valence-electron chi connectivity index (χ3n) is 4.74. The lowest BCUT2D eigenvalue weighted by molar-refractivity contribution is -0.145. The van der Waals surface area contributed by atoms with E-state index in [4.69, 9.17) is 27.9 Å². The molecular weight excluding hydrogens is 347 g/mol. The smallest absolute Gasteiger partial charge is 0.181 e. The van der Waals surface area contributed by atoms with E-state index in [0.717, 1.165) is 16.7 Å². The molecule has 0 unspecified atom stereocenters. The third-order valence-corrected chi connectivity index (χ3v) is 5.27. The second-order valence-corrected chi connectivity index (χ2v) is 6.97. The van der Waals surface area contributed by atoms with Crippen molar-refractivity contribution in [3.63, 3.8) is 0 Å². The van der Waals surface area contributed by atoms with E-state index >= 15 is 0 Å². The quantitative estimate of drug-likeness (QED) is 0.877. The highest BCUT2D eigenvalue weighted by Crippen LogP contribution is 2.44. The summed E-state index contributed by atoms with van der Waals surface area (Å²) in [5, 5.41) is 10.6. The molecule has 1 fully saturated rings. The summed E-state index contributed by atoms with van der Waals surface area (Å²) >= 11 is 12.0. The summed E-state index contributed by atoms with van der Waals surface area (Å²) in [6, 6.07) is 10.7. The van der Waals surface area contributed by atoms with Crippen LogP contribution in [0.5, 0.6) is 5.75 Å². The number of rotatable bonds is 4. The number of hydrogen-bond donors (Lipinski definition) is 1. The fraction of sp³-hybridized carbons (Fsp3) is 0.316. The van der Waals surface area contributed by atoms with Crippen molar-refractivity contribution in [3.05, 3.63) is 63.1 Å². The summed E-state index contributed by atoms with van der Waals surface area (Å²) in [5.41, 5.74) is 3.17. The molecule has 0 saturated heterocycles. The lowest BCUT2D eigenvalue weighted by Gasteiger charge is -2.42. The van der Waals surface area contributed by atoms with Crippen LogP contribution in [0, 0.1) is 19.8 Å². The van der Waals surface area contributed by atoms with Gasteiger partial charge in [0.1, 0.15) is 5.75 Å². The maximum Gasteiger partial charge on any atom is 0.181 e. The van der Waals surface area contributed by atoms with Crippen molar-refractivity contribution in [2.45, 2.75) is 25.9 Å².